The van der Waals surface area contributed by atoms with Crippen molar-refractivity contribution in [1.29, 1.82) is 5.26 Å². The van der Waals surface area contributed by atoms with Gasteiger partial charge in [-0.3, -0.25) is 0 Å². The summed E-state index contributed by atoms with van der Waals surface area (Å²) in [5.41, 5.74) is 0.865. The van der Waals surface area contributed by atoms with E-state index in [4.69, 9.17) is 14.7 Å². The molecular formula is C9H6BrNO2. The van der Waals surface area contributed by atoms with Gasteiger partial charge >= 0.3 is 0 Å². The van der Waals surface area contributed by atoms with Gasteiger partial charge in [-0.05, 0) is 12.1 Å². The van der Waals surface area contributed by atoms with Crippen LogP contribution in [0.4, 0.5) is 0 Å². The molecule has 0 N–H and O–H groups in total. The van der Waals surface area contributed by atoms with Crippen LogP contribution in [-0.4, -0.2) is 6.79 Å². The van der Waals surface area contributed by atoms with E-state index < -0.39 is 0 Å². The number of nitriles is 1. The van der Waals surface area contributed by atoms with Gasteiger partial charge in [0.2, 0.25) is 6.79 Å². The van der Waals surface area contributed by atoms with Gasteiger partial charge in [-0.15, -0.1) is 0 Å². The lowest BCUT2D eigenvalue weighted by atomic mass is 10.1. The molecule has 0 fully saturated rings. The van der Waals surface area contributed by atoms with Gasteiger partial charge in [-0.2, -0.15) is 5.26 Å². The summed E-state index contributed by atoms with van der Waals surface area (Å²) in [4.78, 5) is 0. The lowest BCUT2D eigenvalue weighted by molar-refractivity contribution is 0.173. The van der Waals surface area contributed by atoms with Crippen LogP contribution in [0.15, 0.2) is 16.6 Å². The van der Waals surface area contributed by atoms with Crippen molar-refractivity contribution in [3.8, 4) is 17.6 Å². The summed E-state index contributed by atoms with van der Waals surface area (Å²) >= 11 is 3.34. The first-order chi connectivity index (χ1) is 6.31. The maximum atomic E-state index is 8.58. The van der Waals surface area contributed by atoms with Crippen LogP contribution in [0.25, 0.3) is 0 Å². The molecule has 13 heavy (non-hydrogen) atoms. The summed E-state index contributed by atoms with van der Waals surface area (Å²) in [6.45, 7) is 0.240. The molecule has 0 aliphatic carbocycles. The van der Waals surface area contributed by atoms with E-state index in [2.05, 4.69) is 22.0 Å². The third kappa shape index (κ3) is 1.47. The van der Waals surface area contributed by atoms with Gasteiger partial charge in [0.05, 0.1) is 12.5 Å². The number of hydrogen-bond acceptors (Lipinski definition) is 3. The topological polar surface area (TPSA) is 42.2 Å². The van der Waals surface area contributed by atoms with Crippen molar-refractivity contribution in [1.82, 2.24) is 0 Å². The SMILES string of the molecule is N#CCc1cc(Br)cc2c1OCO2. The minimum Gasteiger partial charge on any atom is -0.454 e. The number of halogens is 1. The number of fused-ring (bicyclic) bond motifs is 1. The fourth-order valence-electron chi connectivity index (χ4n) is 1.26. The van der Waals surface area contributed by atoms with E-state index in [0.29, 0.717) is 17.9 Å². The first-order valence-corrected chi connectivity index (χ1v) is 4.55. The Labute approximate surface area is 84.0 Å². The smallest absolute Gasteiger partial charge is 0.231 e. The molecule has 1 aromatic rings. The molecule has 4 heteroatoms. The molecule has 0 saturated heterocycles. The van der Waals surface area contributed by atoms with Gasteiger partial charge in [-0.1, -0.05) is 15.9 Å². The molecule has 0 radical (unpaired) electrons. The summed E-state index contributed by atoms with van der Waals surface area (Å²) in [6, 6.07) is 5.79. The van der Waals surface area contributed by atoms with Crippen molar-refractivity contribution in [2.45, 2.75) is 6.42 Å². The van der Waals surface area contributed by atoms with E-state index in [9.17, 15) is 0 Å². The van der Waals surface area contributed by atoms with E-state index in [1.165, 1.54) is 0 Å². The minimum absolute atomic E-state index is 0.240. The van der Waals surface area contributed by atoms with Crippen molar-refractivity contribution >= 4 is 15.9 Å². The van der Waals surface area contributed by atoms with Crippen molar-refractivity contribution < 1.29 is 9.47 Å². The molecule has 66 valence electrons. The Kier molecular flexibility index (Phi) is 2.11. The second-order valence-corrected chi connectivity index (χ2v) is 3.55. The van der Waals surface area contributed by atoms with Gasteiger partial charge in [0.15, 0.2) is 11.5 Å². The van der Waals surface area contributed by atoms with Crippen LogP contribution >= 0.6 is 15.9 Å². The Hall–Kier alpha value is -1.21. The number of hydrogen-bond donors (Lipinski definition) is 0. The number of benzene rings is 1. The molecule has 3 nitrogen and oxygen atoms in total. The van der Waals surface area contributed by atoms with Crippen LogP contribution in [0, 0.1) is 11.3 Å². The van der Waals surface area contributed by atoms with E-state index >= 15 is 0 Å². The molecule has 1 aliphatic rings. The highest BCUT2D eigenvalue weighted by Gasteiger charge is 2.18. The van der Waals surface area contributed by atoms with Crippen LogP contribution < -0.4 is 9.47 Å². The molecule has 2 rings (SSSR count). The van der Waals surface area contributed by atoms with Gasteiger partial charge in [0.25, 0.3) is 0 Å². The van der Waals surface area contributed by atoms with E-state index in [-0.39, 0.29) is 6.79 Å². The molecule has 0 unspecified atom stereocenters. The van der Waals surface area contributed by atoms with Crippen LogP contribution in [0.1, 0.15) is 5.56 Å². The fourth-order valence-corrected chi connectivity index (χ4v) is 1.75. The van der Waals surface area contributed by atoms with Crippen molar-refractivity contribution in [2.75, 3.05) is 6.79 Å². The second kappa shape index (κ2) is 3.27. The average molecular weight is 240 g/mol. The molecule has 1 aliphatic heterocycles. The van der Waals surface area contributed by atoms with E-state index in [1.807, 2.05) is 12.1 Å². The largest absolute Gasteiger partial charge is 0.454 e. The van der Waals surface area contributed by atoms with Gasteiger partial charge in [-0.25, -0.2) is 0 Å². The quantitative estimate of drug-likeness (QED) is 0.755. The molecule has 1 aromatic carbocycles. The Morgan fingerprint density at radius 2 is 2.31 bits per heavy atom. The van der Waals surface area contributed by atoms with Gasteiger partial charge < -0.3 is 9.47 Å². The summed E-state index contributed by atoms with van der Waals surface area (Å²) in [5, 5.41) is 8.58. The number of ether oxygens (including phenoxy) is 2. The van der Waals surface area contributed by atoms with Crippen LogP contribution in [0.5, 0.6) is 11.5 Å². The number of nitrogens with zero attached hydrogens (tertiary/aromatic N) is 1. The monoisotopic (exact) mass is 239 g/mol. The fraction of sp³-hybridized carbons (Fsp3) is 0.222. The first kappa shape index (κ1) is 8.39. The summed E-state index contributed by atoms with van der Waals surface area (Å²) < 4.78 is 11.4. The zero-order valence-corrected chi connectivity index (χ0v) is 8.30. The van der Waals surface area contributed by atoms with Gasteiger partial charge in [0, 0.05) is 10.0 Å². The molecule has 0 aromatic heterocycles. The predicted octanol–water partition coefficient (Wildman–Crippen LogP) is 2.24. The Balaban J connectivity index is 2.50. The molecule has 0 atom stereocenters. The molecular weight excluding hydrogens is 234 g/mol. The van der Waals surface area contributed by atoms with Crippen LogP contribution in [0.2, 0.25) is 0 Å². The zero-order valence-electron chi connectivity index (χ0n) is 6.71. The Bertz CT molecular complexity index is 384. The standard InChI is InChI=1S/C9H6BrNO2/c10-7-3-6(1-2-11)9-8(4-7)12-5-13-9/h3-4H,1,5H2. The maximum absolute atomic E-state index is 8.58. The third-order valence-corrected chi connectivity index (χ3v) is 2.24. The minimum atomic E-state index is 0.240. The molecule has 1 heterocycles. The molecule has 0 saturated carbocycles. The van der Waals surface area contributed by atoms with Crippen molar-refractivity contribution in [2.24, 2.45) is 0 Å². The maximum Gasteiger partial charge on any atom is 0.231 e. The summed E-state index contributed by atoms with van der Waals surface area (Å²) in [6.07, 6.45) is 0.338. The van der Waals surface area contributed by atoms with Crippen LogP contribution in [-0.2, 0) is 6.42 Å². The van der Waals surface area contributed by atoms with Gasteiger partial charge in [0.1, 0.15) is 0 Å². The zero-order chi connectivity index (χ0) is 9.26. The second-order valence-electron chi connectivity index (χ2n) is 2.63. The first-order valence-electron chi connectivity index (χ1n) is 3.76. The lowest BCUT2D eigenvalue weighted by Gasteiger charge is -2.02. The van der Waals surface area contributed by atoms with Crippen LogP contribution in [0.3, 0.4) is 0 Å². The average Bonchev–Trinajstić information content (AvgIpc) is 2.52. The number of rotatable bonds is 1. The van der Waals surface area contributed by atoms with E-state index in [1.54, 1.807) is 0 Å². The molecule has 0 amide bonds. The third-order valence-electron chi connectivity index (χ3n) is 1.78. The highest BCUT2D eigenvalue weighted by Crippen LogP contribution is 2.38. The molecule has 0 spiro atoms. The van der Waals surface area contributed by atoms with Crippen molar-refractivity contribution in [3.63, 3.8) is 0 Å². The normalized spacial score (nSPS) is 12.6. The lowest BCUT2D eigenvalue weighted by Crippen LogP contribution is -1.94. The Morgan fingerprint density at radius 3 is 3.08 bits per heavy atom. The highest BCUT2D eigenvalue weighted by atomic mass is 79.9. The predicted molar refractivity (Wildman–Crippen MR) is 49.6 cm³/mol. The molecule has 0 bridgehead atoms. The van der Waals surface area contributed by atoms with Crippen molar-refractivity contribution in [3.05, 3.63) is 22.2 Å². The summed E-state index contributed by atoms with van der Waals surface area (Å²) in [5.74, 6) is 1.41. The Morgan fingerprint density at radius 1 is 1.46 bits per heavy atom. The summed E-state index contributed by atoms with van der Waals surface area (Å²) in [7, 11) is 0. The van der Waals surface area contributed by atoms with E-state index in [0.717, 1.165) is 10.0 Å². The highest BCUT2D eigenvalue weighted by molar-refractivity contribution is 9.10.